The minimum absolute atomic E-state index is 0.102. The lowest BCUT2D eigenvalue weighted by molar-refractivity contribution is 0.196. The van der Waals surface area contributed by atoms with E-state index in [0.717, 1.165) is 0 Å². The topological polar surface area (TPSA) is 71.0 Å². The number of phenolic OH excluding ortho intramolecular Hbond substituents is 1. The highest BCUT2D eigenvalue weighted by atomic mass is 16.5. The van der Waals surface area contributed by atoms with Gasteiger partial charge in [-0.25, -0.2) is 0 Å². The molecule has 0 aliphatic rings. The highest BCUT2D eigenvalue weighted by Gasteiger charge is 2.16. The molecule has 1 atom stereocenters. The second-order valence-electron chi connectivity index (χ2n) is 3.50. The van der Waals surface area contributed by atoms with Crippen molar-refractivity contribution in [2.24, 2.45) is 0 Å². The van der Waals surface area contributed by atoms with Crippen molar-refractivity contribution >= 4 is 0 Å². The number of hydrogen-bond donors (Lipinski definition) is 2. The van der Waals surface area contributed by atoms with Gasteiger partial charge in [0.1, 0.15) is 11.8 Å². The van der Waals surface area contributed by atoms with Crippen LogP contribution >= 0.6 is 0 Å². The predicted octanol–water partition coefficient (Wildman–Crippen LogP) is 2.21. The Morgan fingerprint density at radius 2 is 2.29 bits per heavy atom. The van der Waals surface area contributed by atoms with Gasteiger partial charge in [0.25, 0.3) is 0 Å². The molecule has 88 valence electrons. The molecular weight excluding hydrogens is 218 g/mol. The zero-order chi connectivity index (χ0) is 12.1. The molecule has 0 aliphatic heterocycles. The van der Waals surface area contributed by atoms with E-state index in [4.69, 9.17) is 4.74 Å². The lowest BCUT2D eigenvalue weighted by Crippen LogP contribution is -2.07. The number of aromatic nitrogens is 3. The zero-order valence-corrected chi connectivity index (χ0v) is 9.21. The molecule has 1 unspecified atom stereocenters. The van der Waals surface area contributed by atoms with E-state index in [1.54, 1.807) is 36.5 Å². The smallest absolute Gasteiger partial charge is 0.161 e. The molecule has 2 N–H and O–H groups in total. The van der Waals surface area contributed by atoms with Gasteiger partial charge in [0, 0.05) is 12.6 Å². The number of phenols is 1. The van der Waals surface area contributed by atoms with Crippen molar-refractivity contribution in [1.82, 2.24) is 15.4 Å². The number of nitrogens with zero attached hydrogens (tertiary/aromatic N) is 2. The van der Waals surface area contributed by atoms with Gasteiger partial charge in [-0.05, 0) is 12.1 Å². The van der Waals surface area contributed by atoms with E-state index in [2.05, 4.69) is 22.0 Å². The number of para-hydroxylation sites is 2. The summed E-state index contributed by atoms with van der Waals surface area (Å²) in [5, 5.41) is 19.8. The lowest BCUT2D eigenvalue weighted by atomic mass is 10.2. The first-order chi connectivity index (χ1) is 8.31. The van der Waals surface area contributed by atoms with Crippen LogP contribution in [0, 0.1) is 0 Å². The second kappa shape index (κ2) is 5.16. The van der Waals surface area contributed by atoms with E-state index in [1.165, 1.54) is 0 Å². The fourth-order valence-corrected chi connectivity index (χ4v) is 1.46. The molecule has 5 heteroatoms. The summed E-state index contributed by atoms with van der Waals surface area (Å²) in [5.74, 6) is 0.521. The number of aromatic hydroxyl groups is 1. The van der Waals surface area contributed by atoms with Crippen LogP contribution in [0.25, 0.3) is 0 Å². The third kappa shape index (κ3) is 2.63. The zero-order valence-electron chi connectivity index (χ0n) is 9.21. The van der Waals surface area contributed by atoms with Crippen molar-refractivity contribution in [1.29, 1.82) is 0 Å². The van der Waals surface area contributed by atoms with Crippen molar-refractivity contribution in [3.8, 4) is 11.5 Å². The van der Waals surface area contributed by atoms with Crippen molar-refractivity contribution in [3.63, 3.8) is 0 Å². The second-order valence-corrected chi connectivity index (χ2v) is 3.50. The number of nitrogens with one attached hydrogen (secondary N) is 1. The van der Waals surface area contributed by atoms with Gasteiger partial charge in [-0.3, -0.25) is 5.10 Å². The van der Waals surface area contributed by atoms with Gasteiger partial charge in [0.05, 0.1) is 0 Å². The number of hydrogen-bond acceptors (Lipinski definition) is 4. The Morgan fingerprint density at radius 1 is 1.47 bits per heavy atom. The molecule has 0 spiro atoms. The number of aromatic amines is 1. The highest BCUT2D eigenvalue weighted by Crippen LogP contribution is 2.30. The van der Waals surface area contributed by atoms with Crippen molar-refractivity contribution in [2.45, 2.75) is 12.5 Å². The molecule has 0 saturated heterocycles. The van der Waals surface area contributed by atoms with Gasteiger partial charge in [0.2, 0.25) is 0 Å². The summed E-state index contributed by atoms with van der Waals surface area (Å²) in [6, 6.07) is 6.80. The normalized spacial score (nSPS) is 12.0. The molecule has 0 aliphatic carbocycles. The first-order valence-electron chi connectivity index (χ1n) is 5.23. The summed E-state index contributed by atoms with van der Waals surface area (Å²) in [4.78, 5) is 0. The Kier molecular flexibility index (Phi) is 3.40. The SMILES string of the molecule is C=CCC(Oc1ccccc1O)c1c[nH]nn1. The van der Waals surface area contributed by atoms with Crippen molar-refractivity contribution in [3.05, 3.63) is 48.8 Å². The molecule has 1 aromatic heterocycles. The van der Waals surface area contributed by atoms with Crippen molar-refractivity contribution in [2.75, 3.05) is 0 Å². The number of H-pyrrole nitrogens is 1. The van der Waals surface area contributed by atoms with Crippen LogP contribution in [-0.2, 0) is 0 Å². The molecule has 0 radical (unpaired) electrons. The fraction of sp³-hybridized carbons (Fsp3) is 0.167. The van der Waals surface area contributed by atoms with Gasteiger partial charge in [-0.2, -0.15) is 0 Å². The Hall–Kier alpha value is -2.30. The summed E-state index contributed by atoms with van der Waals surface area (Å²) in [5.41, 5.74) is 0.674. The van der Waals surface area contributed by atoms with E-state index in [9.17, 15) is 5.11 Å². The third-order valence-electron chi connectivity index (χ3n) is 2.28. The molecule has 0 bridgehead atoms. The fourth-order valence-electron chi connectivity index (χ4n) is 1.46. The minimum Gasteiger partial charge on any atom is -0.504 e. The average molecular weight is 231 g/mol. The van der Waals surface area contributed by atoms with Crippen LogP contribution in [-0.4, -0.2) is 20.5 Å². The quantitative estimate of drug-likeness (QED) is 0.774. The third-order valence-corrected chi connectivity index (χ3v) is 2.28. The molecule has 0 amide bonds. The molecular formula is C12H13N3O2. The maximum absolute atomic E-state index is 9.63. The summed E-state index contributed by atoms with van der Waals surface area (Å²) in [7, 11) is 0. The summed E-state index contributed by atoms with van der Waals surface area (Å²) >= 11 is 0. The molecule has 5 nitrogen and oxygen atoms in total. The Morgan fingerprint density at radius 3 is 2.94 bits per heavy atom. The molecule has 1 aromatic carbocycles. The van der Waals surface area contributed by atoms with Crippen LogP contribution in [0.5, 0.6) is 11.5 Å². The summed E-state index contributed by atoms with van der Waals surface area (Å²) in [6.07, 6.45) is 3.67. The van der Waals surface area contributed by atoms with Gasteiger partial charge in [-0.15, -0.1) is 11.7 Å². The van der Waals surface area contributed by atoms with Crippen molar-refractivity contribution < 1.29 is 9.84 Å². The van der Waals surface area contributed by atoms with E-state index >= 15 is 0 Å². The van der Waals surface area contributed by atoms with Crippen LogP contribution in [0.1, 0.15) is 18.2 Å². The molecule has 2 aromatic rings. The first-order valence-corrected chi connectivity index (χ1v) is 5.23. The Bertz CT molecular complexity index is 482. The Labute approximate surface area is 98.8 Å². The van der Waals surface area contributed by atoms with Gasteiger partial charge in [0.15, 0.2) is 11.5 Å². The molecule has 0 saturated carbocycles. The van der Waals surface area contributed by atoms with Gasteiger partial charge < -0.3 is 9.84 Å². The van der Waals surface area contributed by atoms with Crippen LogP contribution in [0.2, 0.25) is 0 Å². The van der Waals surface area contributed by atoms with Gasteiger partial charge in [-0.1, -0.05) is 23.4 Å². The first kappa shape index (κ1) is 11.2. The standard InChI is InChI=1S/C12H13N3O2/c1-2-5-11(9-8-13-15-14-9)17-12-7-4-3-6-10(12)16/h2-4,6-8,11,16H,1,5H2,(H,13,14,15). The van der Waals surface area contributed by atoms with E-state index in [0.29, 0.717) is 17.9 Å². The number of benzene rings is 1. The molecule has 0 fully saturated rings. The minimum atomic E-state index is -0.306. The van der Waals surface area contributed by atoms with E-state index in [1.807, 2.05) is 0 Å². The summed E-state index contributed by atoms with van der Waals surface area (Å²) in [6.45, 7) is 3.67. The number of rotatable bonds is 5. The van der Waals surface area contributed by atoms with Crippen LogP contribution < -0.4 is 4.74 Å². The van der Waals surface area contributed by atoms with Crippen LogP contribution in [0.15, 0.2) is 43.1 Å². The molecule has 17 heavy (non-hydrogen) atoms. The monoisotopic (exact) mass is 231 g/mol. The maximum Gasteiger partial charge on any atom is 0.161 e. The largest absolute Gasteiger partial charge is 0.504 e. The lowest BCUT2D eigenvalue weighted by Gasteiger charge is -2.15. The average Bonchev–Trinajstić information content (AvgIpc) is 2.85. The van der Waals surface area contributed by atoms with E-state index in [-0.39, 0.29) is 11.9 Å². The predicted molar refractivity (Wildman–Crippen MR) is 62.7 cm³/mol. The van der Waals surface area contributed by atoms with Gasteiger partial charge >= 0.3 is 0 Å². The maximum atomic E-state index is 9.63. The van der Waals surface area contributed by atoms with Crippen LogP contribution in [0.4, 0.5) is 0 Å². The highest BCUT2D eigenvalue weighted by molar-refractivity contribution is 5.38. The summed E-state index contributed by atoms with van der Waals surface area (Å²) < 4.78 is 5.69. The van der Waals surface area contributed by atoms with E-state index < -0.39 is 0 Å². The Balaban J connectivity index is 2.19. The molecule has 1 heterocycles. The molecule has 2 rings (SSSR count). The number of ether oxygens (including phenoxy) is 1. The van der Waals surface area contributed by atoms with Crippen LogP contribution in [0.3, 0.4) is 0 Å².